The Morgan fingerprint density at radius 1 is 1.00 bits per heavy atom. The molecule has 3 aromatic heterocycles. The van der Waals surface area contributed by atoms with Gasteiger partial charge in [0.15, 0.2) is 11.5 Å². The Morgan fingerprint density at radius 3 is 2.23 bits per heavy atom. The van der Waals surface area contributed by atoms with Gasteiger partial charge in [0.05, 0.1) is 24.9 Å². The molecule has 0 amide bonds. The third-order valence-electron chi connectivity index (χ3n) is 5.04. The Morgan fingerprint density at radius 2 is 1.68 bits per heavy atom. The lowest BCUT2D eigenvalue weighted by molar-refractivity contribution is 0.396. The predicted octanol–water partition coefficient (Wildman–Crippen LogP) is 3.78. The zero-order chi connectivity index (χ0) is 22.3. The first-order valence-corrected chi connectivity index (χ1v) is 10.8. The quantitative estimate of drug-likeness (QED) is 0.473. The highest BCUT2D eigenvalue weighted by Crippen LogP contribution is 2.37. The second-order valence-electron chi connectivity index (χ2n) is 8.52. The van der Waals surface area contributed by atoms with Crippen molar-refractivity contribution < 1.29 is 9.47 Å². The van der Waals surface area contributed by atoms with Gasteiger partial charge in [-0.2, -0.15) is 9.61 Å². The number of methoxy groups -OCH3 is 2. The fourth-order valence-corrected chi connectivity index (χ4v) is 4.39. The van der Waals surface area contributed by atoms with Crippen LogP contribution >= 0.6 is 11.3 Å². The Balaban J connectivity index is 2.00. The van der Waals surface area contributed by atoms with Gasteiger partial charge in [-0.05, 0) is 30.3 Å². The average Bonchev–Trinajstić information content (AvgIpc) is 3.43. The molecule has 1 aromatic carbocycles. The van der Waals surface area contributed by atoms with Crippen molar-refractivity contribution in [3.8, 4) is 22.9 Å². The smallest absolute Gasteiger partial charge is 0.192 e. The number of hydrogen-bond acceptors (Lipinski definition) is 7. The van der Waals surface area contributed by atoms with Crippen molar-refractivity contribution >= 4 is 28.1 Å². The van der Waals surface area contributed by atoms with Crippen LogP contribution in [0.1, 0.15) is 31.3 Å². The Kier molecular flexibility index (Phi) is 5.35. The highest BCUT2D eigenvalue weighted by Gasteiger charge is 2.26. The lowest BCUT2D eigenvalue weighted by Crippen LogP contribution is -2.22. The van der Waals surface area contributed by atoms with Crippen LogP contribution < -0.4 is 19.6 Å². The monoisotopic (exact) mass is 437 g/mol. The highest BCUT2D eigenvalue weighted by atomic mass is 32.1. The van der Waals surface area contributed by atoms with Crippen LogP contribution in [0.3, 0.4) is 0 Å². The number of benzene rings is 1. The summed E-state index contributed by atoms with van der Waals surface area (Å²) in [4.78, 5) is 3.25. The maximum absolute atomic E-state index is 5.59. The number of nitrogens with zero attached hydrogens (tertiary/aromatic N) is 5. The van der Waals surface area contributed by atoms with Gasteiger partial charge in [-0.3, -0.25) is 0 Å². The van der Waals surface area contributed by atoms with Crippen molar-refractivity contribution in [1.29, 1.82) is 0 Å². The van der Waals surface area contributed by atoms with Crippen molar-refractivity contribution in [2.24, 2.45) is 0 Å². The maximum Gasteiger partial charge on any atom is 0.192 e. The summed E-state index contributed by atoms with van der Waals surface area (Å²) >= 11 is 1.73. The Hall–Kier alpha value is -3.13. The number of rotatable bonds is 5. The van der Waals surface area contributed by atoms with E-state index in [4.69, 9.17) is 14.6 Å². The van der Waals surface area contributed by atoms with E-state index in [0.717, 1.165) is 21.4 Å². The molecule has 0 aliphatic carbocycles. The molecular formula is C23H27N5O2S. The fraction of sp³-hybridized carbons (Fsp3) is 0.348. The van der Waals surface area contributed by atoms with E-state index in [0.29, 0.717) is 23.0 Å². The first kappa shape index (κ1) is 21.1. The van der Waals surface area contributed by atoms with Gasteiger partial charge >= 0.3 is 0 Å². The Bertz CT molecular complexity index is 1260. The summed E-state index contributed by atoms with van der Waals surface area (Å²) in [5.41, 5.74) is 2.24. The van der Waals surface area contributed by atoms with Crippen LogP contribution in [-0.2, 0) is 5.41 Å². The van der Waals surface area contributed by atoms with Crippen LogP contribution in [0.15, 0.2) is 30.3 Å². The summed E-state index contributed by atoms with van der Waals surface area (Å²) in [5.74, 6) is 1.91. The summed E-state index contributed by atoms with van der Waals surface area (Å²) in [6.07, 6.45) is 2.15. The van der Waals surface area contributed by atoms with Crippen LogP contribution in [0.25, 0.3) is 23.1 Å². The zero-order valence-corrected chi connectivity index (χ0v) is 19.7. The minimum atomic E-state index is -0.170. The summed E-state index contributed by atoms with van der Waals surface area (Å²) in [7, 11) is 7.36. The number of ether oxygens (including phenoxy) is 2. The molecule has 162 valence electrons. The molecule has 3 heterocycles. The lowest BCUT2D eigenvalue weighted by atomic mass is 9.91. The van der Waals surface area contributed by atoms with E-state index in [1.165, 1.54) is 5.00 Å². The lowest BCUT2D eigenvalue weighted by Gasteiger charge is -2.15. The number of fused-ring (bicyclic) bond motifs is 1. The molecule has 0 saturated carbocycles. The molecule has 4 aromatic rings. The van der Waals surface area contributed by atoms with E-state index in [9.17, 15) is 0 Å². The molecule has 31 heavy (non-hydrogen) atoms. The van der Waals surface area contributed by atoms with Gasteiger partial charge < -0.3 is 14.4 Å². The minimum Gasteiger partial charge on any atom is -0.496 e. The van der Waals surface area contributed by atoms with Gasteiger partial charge in [0, 0.05) is 29.6 Å². The van der Waals surface area contributed by atoms with Crippen LogP contribution in [0.2, 0.25) is 0 Å². The molecule has 4 rings (SSSR count). The molecule has 0 atom stereocenters. The second-order valence-corrected chi connectivity index (χ2v) is 9.62. The Labute approximate surface area is 185 Å². The number of anilines is 1. The molecule has 0 aliphatic heterocycles. The zero-order valence-electron chi connectivity index (χ0n) is 18.9. The van der Waals surface area contributed by atoms with Gasteiger partial charge in [0.1, 0.15) is 17.1 Å². The summed E-state index contributed by atoms with van der Waals surface area (Å²) in [6, 6.07) is 9.89. The topological polar surface area (TPSA) is 64.8 Å². The first-order chi connectivity index (χ1) is 14.7. The third-order valence-corrected chi connectivity index (χ3v) is 6.24. The van der Waals surface area contributed by atoms with E-state index < -0.39 is 0 Å². The van der Waals surface area contributed by atoms with Gasteiger partial charge in [0.25, 0.3) is 0 Å². The van der Waals surface area contributed by atoms with Crippen LogP contribution in [-0.4, -0.2) is 48.1 Å². The first-order valence-electron chi connectivity index (χ1n) is 10.0. The molecule has 7 nitrogen and oxygen atoms in total. The van der Waals surface area contributed by atoms with Crippen LogP contribution in [0.4, 0.5) is 5.00 Å². The fourth-order valence-electron chi connectivity index (χ4n) is 3.52. The number of thiophene rings is 1. The third kappa shape index (κ3) is 3.72. The van der Waals surface area contributed by atoms with E-state index in [1.807, 2.05) is 32.3 Å². The molecule has 0 spiro atoms. The molecule has 0 unspecified atom stereocenters. The van der Waals surface area contributed by atoms with E-state index in [-0.39, 0.29) is 5.41 Å². The van der Waals surface area contributed by atoms with Crippen molar-refractivity contribution in [2.75, 3.05) is 33.2 Å². The molecule has 0 fully saturated rings. The van der Waals surface area contributed by atoms with Crippen LogP contribution in [0.5, 0.6) is 11.5 Å². The standard InChI is InChI=1S/C23H27N5O2S/c1-23(2,3)20-15(13-14-11-12-18(31-14)27(4)5)21-24-25-22(28(21)26-20)19-16(29-6)9-8-10-17(19)30-7/h8-13H,1-7H3/b15-13-. The van der Waals surface area contributed by atoms with Crippen molar-refractivity contribution in [3.05, 3.63) is 46.1 Å². The van der Waals surface area contributed by atoms with Gasteiger partial charge in [-0.25, -0.2) is 0 Å². The predicted molar refractivity (Wildman–Crippen MR) is 125 cm³/mol. The van der Waals surface area contributed by atoms with Crippen molar-refractivity contribution in [1.82, 2.24) is 19.8 Å². The molecule has 8 heteroatoms. The summed E-state index contributed by atoms with van der Waals surface area (Å²) < 4.78 is 13.0. The summed E-state index contributed by atoms with van der Waals surface area (Å²) in [6.45, 7) is 6.47. The molecule has 0 N–H and O–H groups in total. The average molecular weight is 438 g/mol. The summed E-state index contributed by atoms with van der Waals surface area (Å²) in [5, 5.41) is 16.1. The van der Waals surface area contributed by atoms with Crippen molar-refractivity contribution in [3.63, 3.8) is 0 Å². The number of aromatic nitrogens is 4. The van der Waals surface area contributed by atoms with Gasteiger partial charge in [-0.1, -0.05) is 26.8 Å². The van der Waals surface area contributed by atoms with E-state index in [1.54, 1.807) is 30.1 Å². The maximum atomic E-state index is 5.59. The van der Waals surface area contributed by atoms with Crippen LogP contribution in [0, 0.1) is 0 Å². The normalized spacial score (nSPS) is 12.5. The molecule has 0 bridgehead atoms. The van der Waals surface area contributed by atoms with Crippen molar-refractivity contribution in [2.45, 2.75) is 26.2 Å². The largest absolute Gasteiger partial charge is 0.496 e. The van der Waals surface area contributed by atoms with Gasteiger partial charge in [0.2, 0.25) is 0 Å². The van der Waals surface area contributed by atoms with Gasteiger partial charge in [-0.15, -0.1) is 21.5 Å². The molecular weight excluding hydrogens is 410 g/mol. The SMILES string of the molecule is COc1cccc(OC)c1-c1nnc2/c(=C\c3ccc(N(C)C)s3)c(C(C)(C)C)nn12. The molecule has 0 aliphatic rings. The van der Waals surface area contributed by atoms with E-state index >= 15 is 0 Å². The highest BCUT2D eigenvalue weighted by molar-refractivity contribution is 7.16. The van der Waals surface area contributed by atoms with E-state index in [2.05, 4.69) is 54.1 Å². The second kappa shape index (κ2) is 7.85. The molecule has 0 radical (unpaired) electrons. The minimum absolute atomic E-state index is 0.170. The number of hydrogen-bond donors (Lipinski definition) is 0. The molecule has 0 saturated heterocycles.